The number of thioether (sulfide) groups is 1. The summed E-state index contributed by atoms with van der Waals surface area (Å²) in [5.74, 6) is 0.268. The molecule has 15 heavy (non-hydrogen) atoms. The molecule has 1 heterocycles. The molecule has 86 valence electrons. The first-order valence-electron chi connectivity index (χ1n) is 5.28. The first-order chi connectivity index (χ1) is 7.16. The lowest BCUT2D eigenvalue weighted by Gasteiger charge is -1.97. The standard InChI is InChI=1S/C10H17NO3S/c1-2-3-4-5-6-15-10(13)8-7(14-8)9(11)12/h7-8H,2-6H2,1H3,(H2,11,12). The summed E-state index contributed by atoms with van der Waals surface area (Å²) in [6, 6.07) is 0. The van der Waals surface area contributed by atoms with Crippen LogP contribution in [0.25, 0.3) is 0 Å². The lowest BCUT2D eigenvalue weighted by molar-refractivity contribution is -0.119. The van der Waals surface area contributed by atoms with Gasteiger partial charge in [-0.2, -0.15) is 0 Å². The van der Waals surface area contributed by atoms with Gasteiger partial charge in [-0.15, -0.1) is 0 Å². The summed E-state index contributed by atoms with van der Waals surface area (Å²) in [5.41, 5.74) is 4.99. The zero-order valence-corrected chi connectivity index (χ0v) is 9.72. The molecule has 0 saturated carbocycles. The number of carbonyl (C=O) groups excluding carboxylic acids is 2. The smallest absolute Gasteiger partial charge is 0.249 e. The number of amides is 1. The molecule has 1 saturated heterocycles. The third-order valence-corrected chi connectivity index (χ3v) is 3.26. The van der Waals surface area contributed by atoms with Crippen LogP contribution >= 0.6 is 11.8 Å². The van der Waals surface area contributed by atoms with Gasteiger partial charge in [0.05, 0.1) is 0 Å². The van der Waals surface area contributed by atoms with Gasteiger partial charge in [0.2, 0.25) is 11.0 Å². The van der Waals surface area contributed by atoms with E-state index in [1.165, 1.54) is 24.6 Å². The van der Waals surface area contributed by atoms with Crippen LogP contribution in [0, 0.1) is 0 Å². The highest BCUT2D eigenvalue weighted by Crippen LogP contribution is 2.27. The summed E-state index contributed by atoms with van der Waals surface area (Å²) in [6.07, 6.45) is 3.35. The Morgan fingerprint density at radius 1 is 1.27 bits per heavy atom. The number of hydrogen-bond acceptors (Lipinski definition) is 4. The molecule has 0 bridgehead atoms. The van der Waals surface area contributed by atoms with Crippen LogP contribution in [0.3, 0.4) is 0 Å². The van der Waals surface area contributed by atoms with E-state index in [9.17, 15) is 9.59 Å². The Morgan fingerprint density at radius 2 is 2.00 bits per heavy atom. The fraction of sp³-hybridized carbons (Fsp3) is 0.800. The van der Waals surface area contributed by atoms with Gasteiger partial charge in [0.15, 0.2) is 12.2 Å². The lowest BCUT2D eigenvalue weighted by Crippen LogP contribution is -2.22. The van der Waals surface area contributed by atoms with Gasteiger partial charge in [0.25, 0.3) is 0 Å². The number of primary amides is 1. The molecule has 1 rings (SSSR count). The Kier molecular flexibility index (Phi) is 5.11. The van der Waals surface area contributed by atoms with Crippen molar-refractivity contribution in [3.05, 3.63) is 0 Å². The van der Waals surface area contributed by atoms with Crippen molar-refractivity contribution in [2.45, 2.75) is 44.8 Å². The fourth-order valence-corrected chi connectivity index (χ4v) is 2.18. The van der Waals surface area contributed by atoms with Crippen LogP contribution in [0.2, 0.25) is 0 Å². The molecule has 2 atom stereocenters. The Bertz CT molecular complexity index is 245. The average Bonchev–Trinajstić information content (AvgIpc) is 2.96. The van der Waals surface area contributed by atoms with Crippen molar-refractivity contribution < 1.29 is 14.3 Å². The van der Waals surface area contributed by atoms with Crippen LogP contribution in [-0.4, -0.2) is 29.0 Å². The third kappa shape index (κ3) is 4.22. The van der Waals surface area contributed by atoms with Gasteiger partial charge < -0.3 is 10.5 Å². The van der Waals surface area contributed by atoms with Crippen molar-refractivity contribution in [2.75, 3.05) is 5.75 Å². The summed E-state index contributed by atoms with van der Waals surface area (Å²) >= 11 is 1.25. The van der Waals surface area contributed by atoms with E-state index in [1.807, 2.05) is 0 Å². The average molecular weight is 231 g/mol. The van der Waals surface area contributed by atoms with E-state index >= 15 is 0 Å². The number of hydrogen-bond donors (Lipinski definition) is 1. The molecule has 0 aliphatic carbocycles. The summed E-state index contributed by atoms with van der Waals surface area (Å²) in [5, 5.41) is -0.0599. The molecule has 4 nitrogen and oxygen atoms in total. The van der Waals surface area contributed by atoms with E-state index in [0.717, 1.165) is 18.6 Å². The zero-order chi connectivity index (χ0) is 11.3. The predicted octanol–water partition coefficient (Wildman–Crippen LogP) is 1.08. The van der Waals surface area contributed by atoms with Crippen LogP contribution in [0.15, 0.2) is 0 Å². The Hall–Kier alpha value is -0.550. The zero-order valence-electron chi connectivity index (χ0n) is 8.90. The molecule has 5 heteroatoms. The third-order valence-electron chi connectivity index (χ3n) is 2.25. The Morgan fingerprint density at radius 3 is 2.53 bits per heavy atom. The van der Waals surface area contributed by atoms with Crippen LogP contribution < -0.4 is 5.73 Å². The summed E-state index contributed by atoms with van der Waals surface area (Å²) in [7, 11) is 0. The molecular weight excluding hydrogens is 214 g/mol. The van der Waals surface area contributed by atoms with E-state index in [-0.39, 0.29) is 5.12 Å². The van der Waals surface area contributed by atoms with E-state index < -0.39 is 18.1 Å². The number of epoxide rings is 1. The van der Waals surface area contributed by atoms with E-state index in [4.69, 9.17) is 10.5 Å². The van der Waals surface area contributed by atoms with Crippen molar-refractivity contribution >= 4 is 22.8 Å². The molecule has 2 unspecified atom stereocenters. The van der Waals surface area contributed by atoms with Crippen LogP contribution in [0.4, 0.5) is 0 Å². The second-order valence-corrected chi connectivity index (χ2v) is 4.71. The van der Waals surface area contributed by atoms with E-state index in [2.05, 4.69) is 6.92 Å². The number of rotatable bonds is 7. The molecule has 0 aromatic carbocycles. The molecular formula is C10H17NO3S. The van der Waals surface area contributed by atoms with Gasteiger partial charge in [0, 0.05) is 5.75 Å². The largest absolute Gasteiger partial charge is 0.367 e. The van der Waals surface area contributed by atoms with Crippen LogP contribution in [0.1, 0.15) is 32.6 Å². The highest BCUT2D eigenvalue weighted by atomic mass is 32.2. The maximum atomic E-state index is 11.4. The lowest BCUT2D eigenvalue weighted by atomic mass is 10.2. The maximum Gasteiger partial charge on any atom is 0.249 e. The quantitative estimate of drug-likeness (QED) is 0.525. The first-order valence-corrected chi connectivity index (χ1v) is 6.26. The van der Waals surface area contributed by atoms with Crippen molar-refractivity contribution in [1.29, 1.82) is 0 Å². The molecule has 0 aromatic rings. The molecule has 0 radical (unpaired) electrons. The highest BCUT2D eigenvalue weighted by Gasteiger charge is 2.48. The Balaban J connectivity index is 2.03. The number of nitrogens with two attached hydrogens (primary N) is 1. The van der Waals surface area contributed by atoms with Crippen molar-refractivity contribution in [2.24, 2.45) is 5.73 Å². The fourth-order valence-electron chi connectivity index (χ4n) is 1.29. The summed E-state index contributed by atoms with van der Waals surface area (Å²) in [4.78, 5) is 22.0. The molecule has 1 fully saturated rings. The minimum atomic E-state index is -0.666. The second-order valence-electron chi connectivity index (χ2n) is 3.61. The van der Waals surface area contributed by atoms with Gasteiger partial charge in [0.1, 0.15) is 0 Å². The van der Waals surface area contributed by atoms with Crippen LogP contribution in [-0.2, 0) is 14.3 Å². The van der Waals surface area contributed by atoms with Gasteiger partial charge in [-0.3, -0.25) is 9.59 Å². The monoisotopic (exact) mass is 231 g/mol. The second kappa shape index (κ2) is 6.12. The number of ether oxygens (including phenoxy) is 1. The SMILES string of the molecule is CCCCCCSC(=O)C1OC1C(N)=O. The molecule has 1 aliphatic heterocycles. The van der Waals surface area contributed by atoms with Crippen LogP contribution in [0.5, 0.6) is 0 Å². The normalized spacial score (nSPS) is 23.8. The highest BCUT2D eigenvalue weighted by molar-refractivity contribution is 8.13. The minimum absolute atomic E-state index is 0.0599. The molecule has 2 N–H and O–H groups in total. The van der Waals surface area contributed by atoms with Crippen molar-refractivity contribution in [1.82, 2.24) is 0 Å². The van der Waals surface area contributed by atoms with E-state index in [0.29, 0.717) is 0 Å². The molecule has 1 amide bonds. The topological polar surface area (TPSA) is 72.7 Å². The Labute approximate surface area is 93.9 Å². The maximum absolute atomic E-state index is 11.4. The first kappa shape index (κ1) is 12.5. The van der Waals surface area contributed by atoms with Crippen molar-refractivity contribution in [3.8, 4) is 0 Å². The van der Waals surface area contributed by atoms with Gasteiger partial charge in [-0.1, -0.05) is 37.9 Å². The summed E-state index contributed by atoms with van der Waals surface area (Å²) in [6.45, 7) is 2.15. The molecule has 1 aliphatic rings. The van der Waals surface area contributed by atoms with Gasteiger partial charge >= 0.3 is 0 Å². The summed E-state index contributed by atoms with van der Waals surface area (Å²) < 4.78 is 4.87. The minimum Gasteiger partial charge on any atom is -0.367 e. The van der Waals surface area contributed by atoms with E-state index in [1.54, 1.807) is 0 Å². The molecule has 0 aromatic heterocycles. The molecule has 0 spiro atoms. The van der Waals surface area contributed by atoms with Gasteiger partial charge in [-0.25, -0.2) is 0 Å². The van der Waals surface area contributed by atoms with Gasteiger partial charge in [-0.05, 0) is 6.42 Å². The predicted molar refractivity (Wildman–Crippen MR) is 59.5 cm³/mol. The number of carbonyl (C=O) groups is 2. The van der Waals surface area contributed by atoms with Crippen molar-refractivity contribution in [3.63, 3.8) is 0 Å². The number of unbranched alkanes of at least 4 members (excludes halogenated alkanes) is 3.